The lowest BCUT2D eigenvalue weighted by atomic mass is 10.1. The molecule has 0 spiro atoms. The van der Waals surface area contributed by atoms with Crippen LogP contribution >= 0.6 is 7.60 Å². The fourth-order valence-electron chi connectivity index (χ4n) is 2.07. The molecule has 0 saturated carbocycles. The molecule has 0 aliphatic rings. The number of para-hydroxylation sites is 1. The van der Waals surface area contributed by atoms with Crippen molar-refractivity contribution in [3.8, 4) is 0 Å². The van der Waals surface area contributed by atoms with E-state index in [2.05, 4.69) is 5.32 Å². The molecule has 2 aromatic carbocycles. The molecule has 0 aliphatic heterocycles. The minimum atomic E-state index is -3.02. The average molecular weight is 347 g/mol. The highest BCUT2D eigenvalue weighted by molar-refractivity contribution is 7.53. The predicted octanol–water partition coefficient (Wildman–Crippen LogP) is 4.71. The number of carbonyl (C=O) groups excluding carboxylic acids is 1. The molecule has 6 heteroatoms. The molecular weight excluding hydrogens is 325 g/mol. The number of carbonyl (C=O) groups is 1. The zero-order valence-corrected chi connectivity index (χ0v) is 14.8. The largest absolute Gasteiger partial charge is 0.330 e. The van der Waals surface area contributed by atoms with Crippen LogP contribution < -0.4 is 5.32 Å². The van der Waals surface area contributed by atoms with E-state index in [9.17, 15) is 9.36 Å². The summed E-state index contributed by atoms with van der Waals surface area (Å²) in [6, 6.07) is 16.3. The third kappa shape index (κ3) is 5.31. The first kappa shape index (κ1) is 18.4. The van der Waals surface area contributed by atoms with Crippen LogP contribution in [0.15, 0.2) is 54.6 Å². The van der Waals surface area contributed by atoms with Crippen LogP contribution in [-0.4, -0.2) is 18.7 Å². The molecular formula is C18H22NO4P. The molecule has 0 radical (unpaired) electrons. The van der Waals surface area contributed by atoms with Gasteiger partial charge in [0.1, 0.15) is 0 Å². The van der Waals surface area contributed by atoms with Gasteiger partial charge >= 0.3 is 7.60 Å². The maximum atomic E-state index is 12.2. The van der Waals surface area contributed by atoms with Crippen molar-refractivity contribution in [1.29, 1.82) is 0 Å². The van der Waals surface area contributed by atoms with Crippen LogP contribution in [-0.2, 0) is 20.2 Å². The first-order chi connectivity index (χ1) is 11.6. The summed E-state index contributed by atoms with van der Waals surface area (Å²) in [7, 11) is -3.02. The summed E-state index contributed by atoms with van der Waals surface area (Å²) in [5.41, 5.74) is 2.13. The van der Waals surface area contributed by atoms with Crippen molar-refractivity contribution >= 4 is 19.2 Å². The van der Waals surface area contributed by atoms with Gasteiger partial charge in [0, 0.05) is 17.4 Å². The molecule has 2 aromatic rings. The van der Waals surface area contributed by atoms with E-state index in [1.54, 1.807) is 38.1 Å². The summed E-state index contributed by atoms with van der Waals surface area (Å²) in [5, 5.41) is 2.83. The van der Waals surface area contributed by atoms with E-state index >= 15 is 0 Å². The highest BCUT2D eigenvalue weighted by Gasteiger charge is 2.21. The number of nitrogens with one attached hydrogen (secondary N) is 1. The van der Waals surface area contributed by atoms with E-state index in [0.717, 1.165) is 11.3 Å². The number of hydrogen-bond donors (Lipinski definition) is 1. The van der Waals surface area contributed by atoms with E-state index in [-0.39, 0.29) is 12.5 Å². The summed E-state index contributed by atoms with van der Waals surface area (Å²) >= 11 is 0. The lowest BCUT2D eigenvalue weighted by molar-refractivity contribution is 0.102. The van der Waals surface area contributed by atoms with Gasteiger partial charge in [0.15, 0.2) is 0 Å². The Morgan fingerprint density at radius 3 is 2.25 bits per heavy atom. The Bertz CT molecular complexity index is 701. The quantitative estimate of drug-likeness (QED) is 0.703. The second-order valence-corrected chi connectivity index (χ2v) is 7.51. The maximum absolute atomic E-state index is 12.2. The molecule has 5 nitrogen and oxygen atoms in total. The number of rotatable bonds is 8. The molecule has 1 atom stereocenters. The Morgan fingerprint density at radius 2 is 1.67 bits per heavy atom. The Hall–Kier alpha value is -1.94. The van der Waals surface area contributed by atoms with E-state index in [4.69, 9.17) is 9.05 Å². The van der Waals surface area contributed by atoms with Gasteiger partial charge in [-0.2, -0.15) is 0 Å². The third-order valence-electron chi connectivity index (χ3n) is 3.39. The number of hydrogen-bond acceptors (Lipinski definition) is 4. The van der Waals surface area contributed by atoms with E-state index < -0.39 is 7.60 Å². The summed E-state index contributed by atoms with van der Waals surface area (Å²) in [4.78, 5) is 12.2. The molecule has 0 fully saturated rings. The lowest BCUT2D eigenvalue weighted by Gasteiger charge is -2.16. The van der Waals surface area contributed by atoms with Crippen molar-refractivity contribution < 1.29 is 18.4 Å². The number of amides is 1. The zero-order chi connectivity index (χ0) is 17.4. The Morgan fingerprint density at radius 1 is 1.00 bits per heavy atom. The van der Waals surface area contributed by atoms with Crippen LogP contribution in [0.5, 0.6) is 0 Å². The summed E-state index contributed by atoms with van der Waals surface area (Å²) < 4.78 is 22.9. The Balaban J connectivity index is 1.95. The van der Waals surface area contributed by atoms with E-state index in [1.807, 2.05) is 30.3 Å². The highest BCUT2D eigenvalue weighted by Crippen LogP contribution is 2.48. The SMILES string of the molecule is CCOP(=O)(CC)OCc1ccc(C(=O)Nc2ccccc2)cc1. The van der Waals surface area contributed by atoms with Crippen LogP contribution in [0.4, 0.5) is 5.69 Å². The molecule has 1 N–H and O–H groups in total. The van der Waals surface area contributed by atoms with Gasteiger partial charge in [-0.25, -0.2) is 0 Å². The molecule has 0 bridgehead atoms. The predicted molar refractivity (Wildman–Crippen MR) is 95.4 cm³/mol. The van der Waals surface area contributed by atoms with E-state index in [0.29, 0.717) is 18.3 Å². The van der Waals surface area contributed by atoms with Gasteiger partial charge in [-0.05, 0) is 36.8 Å². The summed E-state index contributed by atoms with van der Waals surface area (Å²) in [6.07, 6.45) is 0.332. The molecule has 2 rings (SSSR count). The van der Waals surface area contributed by atoms with Gasteiger partial charge in [0.05, 0.1) is 13.2 Å². The van der Waals surface area contributed by atoms with Crippen molar-refractivity contribution in [2.24, 2.45) is 0 Å². The van der Waals surface area contributed by atoms with Crippen LogP contribution in [0.25, 0.3) is 0 Å². The molecule has 0 aromatic heterocycles. The van der Waals surface area contributed by atoms with Crippen LogP contribution in [0.1, 0.15) is 29.8 Å². The first-order valence-electron chi connectivity index (χ1n) is 7.90. The Kier molecular flexibility index (Phi) is 6.73. The third-order valence-corrected chi connectivity index (χ3v) is 5.34. The van der Waals surface area contributed by atoms with Crippen molar-refractivity contribution in [2.45, 2.75) is 20.5 Å². The monoisotopic (exact) mass is 347 g/mol. The van der Waals surface area contributed by atoms with Crippen molar-refractivity contribution in [2.75, 3.05) is 18.1 Å². The fourth-order valence-corrected chi connectivity index (χ4v) is 3.25. The van der Waals surface area contributed by atoms with Gasteiger partial charge < -0.3 is 14.4 Å². The molecule has 0 aliphatic carbocycles. The second-order valence-electron chi connectivity index (χ2n) is 5.14. The van der Waals surface area contributed by atoms with Gasteiger partial charge in [-0.1, -0.05) is 37.3 Å². The van der Waals surface area contributed by atoms with Gasteiger partial charge in [0.2, 0.25) is 0 Å². The average Bonchev–Trinajstić information content (AvgIpc) is 2.61. The molecule has 0 heterocycles. The highest BCUT2D eigenvalue weighted by atomic mass is 31.2. The minimum absolute atomic E-state index is 0.179. The van der Waals surface area contributed by atoms with Gasteiger partial charge in [-0.3, -0.25) is 9.36 Å². The van der Waals surface area contributed by atoms with Crippen molar-refractivity contribution in [1.82, 2.24) is 0 Å². The molecule has 0 saturated heterocycles. The topological polar surface area (TPSA) is 64.6 Å². The van der Waals surface area contributed by atoms with Gasteiger partial charge in [0.25, 0.3) is 5.91 Å². The standard InChI is InChI=1S/C18H22NO4P/c1-3-22-24(21,4-2)23-14-15-10-12-16(13-11-15)18(20)19-17-8-6-5-7-9-17/h5-13H,3-4,14H2,1-2H3,(H,19,20). The molecule has 128 valence electrons. The Labute approximate surface area is 142 Å². The molecule has 24 heavy (non-hydrogen) atoms. The molecule has 1 amide bonds. The van der Waals surface area contributed by atoms with Crippen molar-refractivity contribution in [3.63, 3.8) is 0 Å². The fraction of sp³-hybridized carbons (Fsp3) is 0.278. The first-order valence-corrected chi connectivity index (χ1v) is 9.62. The second kappa shape index (κ2) is 8.78. The van der Waals surface area contributed by atoms with Crippen LogP contribution in [0, 0.1) is 0 Å². The van der Waals surface area contributed by atoms with Crippen LogP contribution in [0.3, 0.4) is 0 Å². The number of anilines is 1. The summed E-state index contributed by atoms with van der Waals surface area (Å²) in [6.45, 7) is 4.09. The maximum Gasteiger partial charge on any atom is 0.330 e. The lowest BCUT2D eigenvalue weighted by Crippen LogP contribution is -2.11. The normalized spacial score (nSPS) is 13.2. The zero-order valence-electron chi connectivity index (χ0n) is 13.9. The summed E-state index contributed by atoms with van der Waals surface area (Å²) in [5.74, 6) is -0.179. The van der Waals surface area contributed by atoms with E-state index in [1.165, 1.54) is 0 Å². The van der Waals surface area contributed by atoms with Crippen LogP contribution in [0.2, 0.25) is 0 Å². The smallest absolute Gasteiger partial charge is 0.322 e. The minimum Gasteiger partial charge on any atom is -0.322 e. The number of benzene rings is 2. The molecule has 1 unspecified atom stereocenters. The van der Waals surface area contributed by atoms with Gasteiger partial charge in [-0.15, -0.1) is 0 Å². The van der Waals surface area contributed by atoms with Crippen molar-refractivity contribution in [3.05, 3.63) is 65.7 Å².